The second kappa shape index (κ2) is 4.90. The van der Waals surface area contributed by atoms with Crippen molar-refractivity contribution in [2.75, 3.05) is 5.73 Å². The highest BCUT2D eigenvalue weighted by atomic mass is 35.5. The van der Waals surface area contributed by atoms with E-state index < -0.39 is 0 Å². The molecule has 0 aliphatic rings. The van der Waals surface area contributed by atoms with Crippen molar-refractivity contribution in [3.8, 4) is 0 Å². The van der Waals surface area contributed by atoms with Gasteiger partial charge in [-0.2, -0.15) is 0 Å². The Labute approximate surface area is 116 Å². The Morgan fingerprint density at radius 2 is 1.74 bits per heavy atom. The van der Waals surface area contributed by atoms with Gasteiger partial charge in [0.2, 0.25) is 0 Å². The minimum absolute atomic E-state index is 0.718. The maximum Gasteiger partial charge on any atom is 0.0934 e. The smallest absolute Gasteiger partial charge is 0.0934 e. The van der Waals surface area contributed by atoms with Gasteiger partial charge in [0.05, 0.1) is 11.2 Å². The molecule has 3 rings (SSSR count). The molecule has 0 aliphatic carbocycles. The van der Waals surface area contributed by atoms with Crippen molar-refractivity contribution >= 4 is 28.2 Å². The lowest BCUT2D eigenvalue weighted by Crippen LogP contribution is -1.95. The van der Waals surface area contributed by atoms with Crippen LogP contribution in [0.25, 0.3) is 10.9 Å². The second-order valence-corrected chi connectivity index (χ2v) is 4.96. The molecular formula is C16H13ClN2. The Balaban J connectivity index is 1.97. The zero-order valence-electron chi connectivity index (χ0n) is 10.3. The lowest BCUT2D eigenvalue weighted by atomic mass is 10.1. The fourth-order valence-electron chi connectivity index (χ4n) is 2.12. The van der Waals surface area contributed by atoms with Crippen molar-refractivity contribution in [2.45, 2.75) is 6.42 Å². The Kier molecular flexibility index (Phi) is 3.10. The molecule has 0 spiro atoms. The third-order valence-electron chi connectivity index (χ3n) is 3.11. The molecule has 1 heterocycles. The number of anilines is 1. The molecule has 0 amide bonds. The molecule has 2 nitrogen and oxygen atoms in total. The Hall–Kier alpha value is -2.06. The van der Waals surface area contributed by atoms with E-state index in [1.165, 1.54) is 5.56 Å². The van der Waals surface area contributed by atoms with E-state index in [1.54, 1.807) is 0 Å². The van der Waals surface area contributed by atoms with Crippen LogP contribution in [0.15, 0.2) is 54.6 Å². The first-order chi connectivity index (χ1) is 9.22. The van der Waals surface area contributed by atoms with Crippen LogP contribution in [0.4, 0.5) is 5.69 Å². The molecular weight excluding hydrogens is 256 g/mol. The summed E-state index contributed by atoms with van der Waals surface area (Å²) in [7, 11) is 0. The number of halogens is 1. The highest BCUT2D eigenvalue weighted by molar-refractivity contribution is 6.30. The number of aromatic nitrogens is 1. The largest absolute Gasteiger partial charge is 0.397 e. The fraction of sp³-hybridized carbons (Fsp3) is 0.0625. The normalized spacial score (nSPS) is 10.8. The highest BCUT2D eigenvalue weighted by Gasteiger charge is 2.02. The fourth-order valence-corrected chi connectivity index (χ4v) is 2.25. The Bertz CT molecular complexity index is 720. The van der Waals surface area contributed by atoms with Gasteiger partial charge >= 0.3 is 0 Å². The first kappa shape index (κ1) is 12.0. The molecule has 2 aromatic carbocycles. The topological polar surface area (TPSA) is 38.9 Å². The number of hydrogen-bond donors (Lipinski definition) is 1. The lowest BCUT2D eigenvalue weighted by Gasteiger charge is -2.05. The zero-order chi connectivity index (χ0) is 13.2. The number of benzene rings is 2. The number of pyridine rings is 1. The van der Waals surface area contributed by atoms with Gasteiger partial charge in [0.25, 0.3) is 0 Å². The third kappa shape index (κ3) is 2.54. The van der Waals surface area contributed by atoms with Crippen molar-refractivity contribution in [3.63, 3.8) is 0 Å². The lowest BCUT2D eigenvalue weighted by molar-refractivity contribution is 1.10. The maximum atomic E-state index is 5.96. The van der Waals surface area contributed by atoms with Crippen molar-refractivity contribution in [1.29, 1.82) is 0 Å². The summed E-state index contributed by atoms with van der Waals surface area (Å²) in [6.45, 7) is 0. The number of fused-ring (bicyclic) bond motifs is 1. The summed E-state index contributed by atoms with van der Waals surface area (Å²) >= 11 is 5.88. The van der Waals surface area contributed by atoms with E-state index in [4.69, 9.17) is 17.3 Å². The molecule has 3 heteroatoms. The molecule has 94 valence electrons. The molecule has 0 bridgehead atoms. The number of para-hydroxylation sites is 1. The molecule has 0 unspecified atom stereocenters. The molecule has 1 aromatic heterocycles. The van der Waals surface area contributed by atoms with Crippen LogP contribution in [0.3, 0.4) is 0 Å². The summed E-state index contributed by atoms with van der Waals surface area (Å²) in [4.78, 5) is 4.63. The number of nitrogens with zero attached hydrogens (tertiary/aromatic N) is 1. The summed E-state index contributed by atoms with van der Waals surface area (Å²) in [5.74, 6) is 0. The van der Waals surface area contributed by atoms with Gasteiger partial charge in [-0.15, -0.1) is 0 Å². The Morgan fingerprint density at radius 3 is 2.53 bits per heavy atom. The summed E-state index contributed by atoms with van der Waals surface area (Å²) in [5.41, 5.74) is 9.74. The minimum atomic E-state index is 0.718. The van der Waals surface area contributed by atoms with E-state index in [0.29, 0.717) is 0 Å². The van der Waals surface area contributed by atoms with Crippen molar-refractivity contribution in [2.24, 2.45) is 0 Å². The monoisotopic (exact) mass is 268 g/mol. The SMILES string of the molecule is Nc1cccc2ccc(Cc3ccc(Cl)cc3)nc12. The summed E-state index contributed by atoms with van der Waals surface area (Å²) in [6, 6.07) is 17.8. The zero-order valence-corrected chi connectivity index (χ0v) is 11.1. The molecule has 0 atom stereocenters. The first-order valence-corrected chi connectivity index (χ1v) is 6.49. The predicted octanol–water partition coefficient (Wildman–Crippen LogP) is 4.06. The number of nitrogen functional groups attached to an aromatic ring is 1. The van der Waals surface area contributed by atoms with Crippen LogP contribution in [0, 0.1) is 0 Å². The molecule has 0 radical (unpaired) electrons. The van der Waals surface area contributed by atoms with E-state index in [1.807, 2.05) is 48.5 Å². The number of nitrogens with two attached hydrogens (primary N) is 1. The van der Waals surface area contributed by atoms with Crippen LogP contribution in [0.2, 0.25) is 5.02 Å². The summed E-state index contributed by atoms with van der Waals surface area (Å²) in [5, 5.41) is 1.82. The van der Waals surface area contributed by atoms with Crippen molar-refractivity contribution in [1.82, 2.24) is 4.98 Å². The third-order valence-corrected chi connectivity index (χ3v) is 3.36. The van der Waals surface area contributed by atoms with Crippen LogP contribution in [0.1, 0.15) is 11.3 Å². The minimum Gasteiger partial charge on any atom is -0.397 e. The van der Waals surface area contributed by atoms with Crippen LogP contribution in [-0.4, -0.2) is 4.98 Å². The predicted molar refractivity (Wildman–Crippen MR) is 80.4 cm³/mol. The van der Waals surface area contributed by atoms with Gasteiger partial charge in [0, 0.05) is 22.5 Å². The molecule has 0 saturated heterocycles. The van der Waals surface area contributed by atoms with Gasteiger partial charge in [-0.05, 0) is 29.8 Å². The highest BCUT2D eigenvalue weighted by Crippen LogP contribution is 2.20. The number of rotatable bonds is 2. The van der Waals surface area contributed by atoms with Crippen LogP contribution >= 0.6 is 11.6 Å². The van der Waals surface area contributed by atoms with Gasteiger partial charge in [-0.3, -0.25) is 4.98 Å². The Morgan fingerprint density at radius 1 is 0.947 bits per heavy atom. The van der Waals surface area contributed by atoms with Gasteiger partial charge in [0.1, 0.15) is 0 Å². The summed E-state index contributed by atoms with van der Waals surface area (Å²) in [6.07, 6.45) is 0.779. The van der Waals surface area contributed by atoms with Crippen LogP contribution in [0.5, 0.6) is 0 Å². The van der Waals surface area contributed by atoms with E-state index in [9.17, 15) is 0 Å². The molecule has 3 aromatic rings. The van der Waals surface area contributed by atoms with Crippen molar-refractivity contribution in [3.05, 3.63) is 70.9 Å². The van der Waals surface area contributed by atoms with E-state index >= 15 is 0 Å². The summed E-state index contributed by atoms with van der Waals surface area (Å²) < 4.78 is 0. The van der Waals surface area contributed by atoms with Crippen LogP contribution < -0.4 is 5.73 Å². The van der Waals surface area contributed by atoms with Crippen molar-refractivity contribution < 1.29 is 0 Å². The number of hydrogen-bond acceptors (Lipinski definition) is 2. The second-order valence-electron chi connectivity index (χ2n) is 4.52. The maximum absolute atomic E-state index is 5.96. The standard InChI is InChI=1S/C16H13ClN2/c17-13-7-4-11(5-8-13)10-14-9-6-12-2-1-3-15(18)16(12)19-14/h1-9H,10,18H2. The van der Waals surface area contributed by atoms with E-state index in [0.717, 1.165) is 33.7 Å². The molecule has 0 aliphatic heterocycles. The first-order valence-electron chi connectivity index (χ1n) is 6.11. The quantitative estimate of drug-likeness (QED) is 0.712. The van der Waals surface area contributed by atoms with Crippen LogP contribution in [-0.2, 0) is 6.42 Å². The molecule has 0 saturated carbocycles. The van der Waals surface area contributed by atoms with E-state index in [-0.39, 0.29) is 0 Å². The van der Waals surface area contributed by atoms with Gasteiger partial charge in [-0.1, -0.05) is 41.9 Å². The van der Waals surface area contributed by atoms with E-state index in [2.05, 4.69) is 11.1 Å². The van der Waals surface area contributed by atoms with Gasteiger partial charge in [0.15, 0.2) is 0 Å². The average Bonchev–Trinajstić information content (AvgIpc) is 2.42. The molecule has 2 N–H and O–H groups in total. The van der Waals surface area contributed by atoms with Gasteiger partial charge < -0.3 is 5.73 Å². The molecule has 19 heavy (non-hydrogen) atoms. The average molecular weight is 269 g/mol. The van der Waals surface area contributed by atoms with Gasteiger partial charge in [-0.25, -0.2) is 0 Å². The molecule has 0 fully saturated rings.